The summed E-state index contributed by atoms with van der Waals surface area (Å²) in [5.41, 5.74) is 3.50. The molecule has 1 amide bonds. The van der Waals surface area contributed by atoms with Crippen LogP contribution in [0.4, 0.5) is 4.39 Å². The Morgan fingerprint density at radius 1 is 1.24 bits per heavy atom. The van der Waals surface area contributed by atoms with Gasteiger partial charge in [-0.05, 0) is 30.7 Å². The zero-order chi connectivity index (χ0) is 20.5. The highest BCUT2D eigenvalue weighted by Gasteiger charge is 2.12. The normalized spacial score (nSPS) is 10.4. The highest BCUT2D eigenvalue weighted by atomic mass is 32.1. The van der Waals surface area contributed by atoms with E-state index < -0.39 is 5.82 Å². The molecule has 0 saturated heterocycles. The first-order valence-electron chi connectivity index (χ1n) is 9.66. The van der Waals surface area contributed by atoms with Gasteiger partial charge in [-0.1, -0.05) is 31.4 Å². The van der Waals surface area contributed by atoms with Crippen LogP contribution in [0.3, 0.4) is 0 Å². The average molecular weight is 411 g/mol. The third kappa shape index (κ3) is 5.78. The minimum atomic E-state index is -0.454. The number of carbonyl (C=O) groups excluding carboxylic acids is 1. The predicted molar refractivity (Wildman–Crippen MR) is 115 cm³/mol. The van der Waals surface area contributed by atoms with E-state index in [1.54, 1.807) is 41.9 Å². The van der Waals surface area contributed by atoms with Crippen LogP contribution in [-0.4, -0.2) is 17.5 Å². The van der Waals surface area contributed by atoms with E-state index >= 15 is 0 Å². The fourth-order valence-corrected chi connectivity index (χ4v) is 3.45. The molecule has 3 rings (SSSR count). The van der Waals surface area contributed by atoms with Gasteiger partial charge in [0.25, 0.3) is 5.91 Å². The summed E-state index contributed by atoms with van der Waals surface area (Å²) in [5.74, 6) is 5.59. The van der Waals surface area contributed by atoms with E-state index in [0.29, 0.717) is 24.2 Å². The molecular formula is C23H23FN2O2S. The number of halogens is 1. The second-order valence-electron chi connectivity index (χ2n) is 6.50. The summed E-state index contributed by atoms with van der Waals surface area (Å²) in [7, 11) is 0. The molecule has 1 heterocycles. The number of amides is 1. The van der Waals surface area contributed by atoms with E-state index in [2.05, 4.69) is 29.1 Å². The van der Waals surface area contributed by atoms with Crippen molar-refractivity contribution in [2.75, 3.05) is 6.61 Å². The molecule has 1 aromatic heterocycles. The van der Waals surface area contributed by atoms with Crippen LogP contribution in [0.5, 0.6) is 5.75 Å². The van der Waals surface area contributed by atoms with Crippen molar-refractivity contribution in [1.82, 2.24) is 10.3 Å². The molecule has 2 aromatic carbocycles. The zero-order valence-corrected chi connectivity index (χ0v) is 17.2. The summed E-state index contributed by atoms with van der Waals surface area (Å²) in [6, 6.07) is 10.3. The number of hydrogen-bond donors (Lipinski definition) is 1. The zero-order valence-electron chi connectivity index (χ0n) is 16.3. The van der Waals surface area contributed by atoms with Gasteiger partial charge in [-0.15, -0.1) is 17.3 Å². The Labute approximate surface area is 174 Å². The molecule has 0 saturated carbocycles. The first-order chi connectivity index (χ1) is 14.2. The van der Waals surface area contributed by atoms with E-state index in [-0.39, 0.29) is 18.2 Å². The Balaban J connectivity index is 1.54. The van der Waals surface area contributed by atoms with E-state index in [1.807, 2.05) is 0 Å². The molecule has 150 valence electrons. The van der Waals surface area contributed by atoms with Crippen molar-refractivity contribution >= 4 is 27.5 Å². The minimum Gasteiger partial charge on any atom is -0.490 e. The Kier molecular flexibility index (Phi) is 7.60. The molecule has 0 bridgehead atoms. The highest BCUT2D eigenvalue weighted by molar-refractivity contribution is 7.16. The first kappa shape index (κ1) is 20.8. The molecule has 0 radical (unpaired) electrons. The van der Waals surface area contributed by atoms with Gasteiger partial charge in [-0.2, -0.15) is 0 Å². The third-order valence-corrected chi connectivity index (χ3v) is 5.13. The Morgan fingerprint density at radius 2 is 2.10 bits per heavy atom. The van der Waals surface area contributed by atoms with Gasteiger partial charge in [0.05, 0.1) is 22.3 Å². The van der Waals surface area contributed by atoms with Gasteiger partial charge in [0.15, 0.2) is 11.6 Å². The lowest BCUT2D eigenvalue weighted by Crippen LogP contribution is -2.23. The van der Waals surface area contributed by atoms with Crippen LogP contribution >= 0.6 is 11.3 Å². The van der Waals surface area contributed by atoms with Crippen LogP contribution in [0, 0.1) is 17.7 Å². The maximum absolute atomic E-state index is 14.6. The summed E-state index contributed by atoms with van der Waals surface area (Å²) in [6.07, 6.45) is 3.66. The smallest absolute Gasteiger partial charge is 0.251 e. The van der Waals surface area contributed by atoms with Crippen molar-refractivity contribution in [1.29, 1.82) is 0 Å². The molecule has 0 aliphatic carbocycles. The lowest BCUT2D eigenvalue weighted by molar-refractivity contribution is 0.0950. The quantitative estimate of drug-likeness (QED) is 0.403. The first-order valence-corrected chi connectivity index (χ1v) is 10.5. The largest absolute Gasteiger partial charge is 0.490 e. The second-order valence-corrected chi connectivity index (χ2v) is 7.39. The maximum atomic E-state index is 14.6. The highest BCUT2D eigenvalue weighted by Crippen LogP contribution is 2.21. The monoisotopic (exact) mass is 410 g/mol. The van der Waals surface area contributed by atoms with E-state index in [9.17, 15) is 9.18 Å². The molecule has 6 heteroatoms. The number of carbonyl (C=O) groups is 1. The SMILES string of the molecule is CCCCC#CCCOc1cccc(CNC(=O)c2ccc3ncsc3c2)c1F. The lowest BCUT2D eigenvalue weighted by atomic mass is 10.1. The van der Waals surface area contributed by atoms with Crippen molar-refractivity contribution in [2.24, 2.45) is 0 Å². The molecule has 0 atom stereocenters. The molecule has 1 N–H and O–H groups in total. The van der Waals surface area contributed by atoms with Crippen molar-refractivity contribution in [3.8, 4) is 17.6 Å². The summed E-state index contributed by atoms with van der Waals surface area (Å²) >= 11 is 1.48. The third-order valence-electron chi connectivity index (χ3n) is 4.34. The van der Waals surface area contributed by atoms with Crippen LogP contribution in [-0.2, 0) is 6.54 Å². The van der Waals surface area contributed by atoms with Crippen LogP contribution in [0.2, 0.25) is 0 Å². The summed E-state index contributed by atoms with van der Waals surface area (Å²) in [4.78, 5) is 16.6. The molecule has 4 nitrogen and oxygen atoms in total. The van der Waals surface area contributed by atoms with E-state index in [0.717, 1.165) is 29.5 Å². The van der Waals surface area contributed by atoms with Gasteiger partial charge in [0, 0.05) is 30.5 Å². The molecular weight excluding hydrogens is 387 g/mol. The fourth-order valence-electron chi connectivity index (χ4n) is 2.73. The number of unbranched alkanes of at least 4 members (excludes halogenated alkanes) is 2. The number of thiazole rings is 1. The maximum Gasteiger partial charge on any atom is 0.251 e. The van der Waals surface area contributed by atoms with Gasteiger partial charge in [-0.25, -0.2) is 9.37 Å². The number of aromatic nitrogens is 1. The van der Waals surface area contributed by atoms with Gasteiger partial charge in [-0.3, -0.25) is 4.79 Å². The molecule has 29 heavy (non-hydrogen) atoms. The Morgan fingerprint density at radius 3 is 2.97 bits per heavy atom. The van der Waals surface area contributed by atoms with Crippen LogP contribution < -0.4 is 10.1 Å². The van der Waals surface area contributed by atoms with Gasteiger partial charge in [0.2, 0.25) is 0 Å². The predicted octanol–water partition coefficient (Wildman–Crippen LogP) is 5.33. The molecule has 0 spiro atoms. The average Bonchev–Trinajstić information content (AvgIpc) is 3.21. The van der Waals surface area contributed by atoms with E-state index in [4.69, 9.17) is 4.74 Å². The van der Waals surface area contributed by atoms with Gasteiger partial charge < -0.3 is 10.1 Å². The number of ether oxygens (including phenoxy) is 1. The van der Waals surface area contributed by atoms with Crippen molar-refractivity contribution in [2.45, 2.75) is 39.2 Å². The number of benzene rings is 2. The summed E-state index contributed by atoms with van der Waals surface area (Å²) < 4.78 is 21.1. The number of nitrogens with one attached hydrogen (secondary N) is 1. The number of fused-ring (bicyclic) bond motifs is 1. The van der Waals surface area contributed by atoms with E-state index in [1.165, 1.54) is 11.3 Å². The van der Waals surface area contributed by atoms with Gasteiger partial charge in [0.1, 0.15) is 0 Å². The molecule has 0 aliphatic heterocycles. The van der Waals surface area contributed by atoms with Crippen molar-refractivity contribution in [3.05, 3.63) is 58.9 Å². The summed E-state index contributed by atoms with van der Waals surface area (Å²) in [6.45, 7) is 2.54. The van der Waals surface area contributed by atoms with Crippen molar-refractivity contribution in [3.63, 3.8) is 0 Å². The Bertz CT molecular complexity index is 1040. The summed E-state index contributed by atoms with van der Waals surface area (Å²) in [5, 5.41) is 2.76. The minimum absolute atomic E-state index is 0.0828. The topological polar surface area (TPSA) is 51.2 Å². The second kappa shape index (κ2) is 10.6. The van der Waals surface area contributed by atoms with Crippen LogP contribution in [0.15, 0.2) is 41.9 Å². The Hall–Kier alpha value is -2.91. The standard InChI is InChI=1S/C23H23FN2O2S/c1-2-3-4-5-6-7-13-28-20-10-8-9-18(22(20)24)15-25-23(27)17-11-12-19-21(14-17)29-16-26-19/h8-12,14,16H,2-4,7,13,15H2,1H3,(H,25,27). The van der Waals surface area contributed by atoms with Crippen LogP contribution in [0.1, 0.15) is 48.5 Å². The molecule has 3 aromatic rings. The van der Waals surface area contributed by atoms with Gasteiger partial charge >= 0.3 is 0 Å². The molecule has 0 fully saturated rings. The van der Waals surface area contributed by atoms with Crippen molar-refractivity contribution < 1.29 is 13.9 Å². The lowest BCUT2D eigenvalue weighted by Gasteiger charge is -2.10. The number of rotatable bonds is 8. The van der Waals surface area contributed by atoms with Crippen LogP contribution in [0.25, 0.3) is 10.2 Å². The molecule has 0 aliphatic rings. The fraction of sp³-hybridized carbons (Fsp3) is 0.304. The number of nitrogens with zero attached hydrogens (tertiary/aromatic N) is 1. The molecule has 0 unspecified atom stereocenters. The number of hydrogen-bond acceptors (Lipinski definition) is 4.